The first-order valence-corrected chi connectivity index (χ1v) is 9.79. The van der Waals surface area contributed by atoms with E-state index in [9.17, 15) is 13.2 Å². The van der Waals surface area contributed by atoms with Crippen LogP contribution in [0.5, 0.6) is 0 Å². The second-order valence-corrected chi connectivity index (χ2v) is 8.57. The van der Waals surface area contributed by atoms with Crippen molar-refractivity contribution in [3.63, 3.8) is 0 Å². The maximum atomic E-state index is 12.3. The van der Waals surface area contributed by atoms with Crippen molar-refractivity contribution in [1.29, 1.82) is 0 Å². The molecule has 0 aromatic carbocycles. The molecule has 8 heteroatoms. The van der Waals surface area contributed by atoms with Crippen LogP contribution < -0.4 is 10.0 Å². The number of hydrogen-bond donors (Lipinski definition) is 2. The lowest BCUT2D eigenvalue weighted by Crippen LogP contribution is -2.39. The van der Waals surface area contributed by atoms with Gasteiger partial charge in [0.05, 0.1) is 6.54 Å². The highest BCUT2D eigenvalue weighted by atomic mass is 32.2. The third-order valence-electron chi connectivity index (χ3n) is 3.83. The third-order valence-corrected chi connectivity index (χ3v) is 6.83. The average molecular weight is 345 g/mol. The number of likely N-dealkylation sites (N-methyl/N-ethyl adjacent to an activating group) is 1. The lowest BCUT2D eigenvalue weighted by Gasteiger charge is -2.22. The van der Waals surface area contributed by atoms with Gasteiger partial charge in [-0.05, 0) is 38.1 Å². The van der Waals surface area contributed by atoms with Crippen molar-refractivity contribution in [3.05, 3.63) is 17.0 Å². The van der Waals surface area contributed by atoms with Gasteiger partial charge in [0.25, 0.3) is 0 Å². The van der Waals surface area contributed by atoms with Gasteiger partial charge in [-0.2, -0.15) is 0 Å². The summed E-state index contributed by atoms with van der Waals surface area (Å²) in [5, 5.41) is 2.67. The number of carbonyl (C=O) groups is 1. The highest BCUT2D eigenvalue weighted by molar-refractivity contribution is 7.91. The molecule has 2 N–H and O–H groups in total. The number of hydrogen-bond acceptors (Lipinski definition) is 5. The van der Waals surface area contributed by atoms with E-state index in [0.717, 1.165) is 30.8 Å². The largest absolute Gasteiger partial charge is 0.351 e. The monoisotopic (exact) mass is 345 g/mol. The number of thiophene rings is 1. The summed E-state index contributed by atoms with van der Waals surface area (Å²) in [4.78, 5) is 14.0. The molecule has 2 heterocycles. The quantitative estimate of drug-likeness (QED) is 0.777. The fourth-order valence-corrected chi connectivity index (χ4v) is 5.04. The Morgan fingerprint density at radius 2 is 2.23 bits per heavy atom. The van der Waals surface area contributed by atoms with Gasteiger partial charge in [-0.3, -0.25) is 9.69 Å². The van der Waals surface area contributed by atoms with E-state index in [-0.39, 0.29) is 5.91 Å². The van der Waals surface area contributed by atoms with Crippen molar-refractivity contribution in [1.82, 2.24) is 14.9 Å². The minimum Gasteiger partial charge on any atom is -0.351 e. The Labute approximate surface area is 135 Å². The maximum absolute atomic E-state index is 12.3. The summed E-state index contributed by atoms with van der Waals surface area (Å²) >= 11 is 1.19. The molecule has 1 fully saturated rings. The summed E-state index contributed by atoms with van der Waals surface area (Å²) in [5.41, 5.74) is 0. The molecule has 1 saturated heterocycles. The second kappa shape index (κ2) is 7.54. The molecule has 0 radical (unpaired) electrons. The molecule has 1 amide bonds. The summed E-state index contributed by atoms with van der Waals surface area (Å²) < 4.78 is 27.7. The number of amides is 1. The molecule has 22 heavy (non-hydrogen) atoms. The van der Waals surface area contributed by atoms with Gasteiger partial charge in [-0.25, -0.2) is 13.1 Å². The molecule has 0 saturated carbocycles. The van der Waals surface area contributed by atoms with E-state index in [1.54, 1.807) is 12.1 Å². The summed E-state index contributed by atoms with van der Waals surface area (Å²) in [6, 6.07) is 3.62. The van der Waals surface area contributed by atoms with Crippen LogP contribution in [0.4, 0.5) is 0 Å². The van der Waals surface area contributed by atoms with Crippen LogP contribution in [0, 0.1) is 0 Å². The minimum atomic E-state index is -3.47. The average Bonchev–Trinajstić information content (AvgIpc) is 3.12. The first-order chi connectivity index (χ1) is 10.4. The fourth-order valence-electron chi connectivity index (χ4n) is 2.63. The molecule has 1 aromatic rings. The maximum Gasteiger partial charge on any atom is 0.250 e. The second-order valence-electron chi connectivity index (χ2n) is 5.41. The highest BCUT2D eigenvalue weighted by Gasteiger charge is 2.25. The first-order valence-electron chi connectivity index (χ1n) is 7.49. The number of sulfonamides is 1. The van der Waals surface area contributed by atoms with E-state index in [4.69, 9.17) is 0 Å². The van der Waals surface area contributed by atoms with Crippen molar-refractivity contribution in [3.8, 4) is 0 Å². The number of rotatable bonds is 7. The molecule has 1 atom stereocenters. The van der Waals surface area contributed by atoms with Crippen LogP contribution in [-0.4, -0.2) is 44.9 Å². The predicted octanol–water partition coefficient (Wildman–Crippen LogP) is 1.15. The summed E-state index contributed by atoms with van der Waals surface area (Å²) in [7, 11) is -3.47. The zero-order valence-electron chi connectivity index (χ0n) is 13.0. The van der Waals surface area contributed by atoms with E-state index in [1.807, 2.05) is 0 Å². The van der Waals surface area contributed by atoms with E-state index in [1.165, 1.54) is 18.3 Å². The van der Waals surface area contributed by atoms with E-state index < -0.39 is 10.0 Å². The number of nitrogens with one attached hydrogen (secondary N) is 2. The molecular weight excluding hydrogens is 322 g/mol. The normalized spacial score (nSPS) is 19.5. The van der Waals surface area contributed by atoms with E-state index in [0.29, 0.717) is 23.3 Å². The van der Waals surface area contributed by atoms with Crippen LogP contribution in [0.25, 0.3) is 0 Å². The molecule has 1 aromatic heterocycles. The number of carbonyl (C=O) groups excluding carboxylic acids is 1. The standard InChI is InChI=1S/C14H23N3O3S2/c1-3-17-8-4-5-12(17)9-16-22(19,20)14-7-6-13(21-14)10-15-11(2)18/h6-7,12,16H,3-5,8-10H2,1-2H3,(H,15,18). The summed E-state index contributed by atoms with van der Waals surface area (Å²) in [5.74, 6) is -0.128. The van der Waals surface area contributed by atoms with Gasteiger partial charge in [0.1, 0.15) is 4.21 Å². The molecule has 1 unspecified atom stereocenters. The van der Waals surface area contributed by atoms with Crippen molar-refractivity contribution in [2.24, 2.45) is 0 Å². The minimum absolute atomic E-state index is 0.128. The van der Waals surface area contributed by atoms with Crippen LogP contribution >= 0.6 is 11.3 Å². The molecule has 2 rings (SSSR count). The van der Waals surface area contributed by atoms with Gasteiger partial charge in [0.2, 0.25) is 15.9 Å². The molecule has 0 spiro atoms. The van der Waals surface area contributed by atoms with Gasteiger partial charge in [-0.15, -0.1) is 11.3 Å². The summed E-state index contributed by atoms with van der Waals surface area (Å²) in [6.45, 7) is 6.35. The van der Waals surface area contributed by atoms with Crippen LogP contribution in [0.15, 0.2) is 16.3 Å². The molecule has 0 bridgehead atoms. The van der Waals surface area contributed by atoms with E-state index in [2.05, 4.69) is 21.9 Å². The Balaban J connectivity index is 1.94. The van der Waals surface area contributed by atoms with Crippen LogP contribution in [-0.2, 0) is 21.4 Å². The van der Waals surface area contributed by atoms with Crippen molar-refractivity contribution < 1.29 is 13.2 Å². The lowest BCUT2D eigenvalue weighted by molar-refractivity contribution is -0.119. The Hall–Kier alpha value is -0.960. The first kappa shape index (κ1) is 17.4. The van der Waals surface area contributed by atoms with Crippen molar-refractivity contribution >= 4 is 27.3 Å². The predicted molar refractivity (Wildman–Crippen MR) is 87.3 cm³/mol. The molecule has 0 aliphatic carbocycles. The van der Waals surface area contributed by atoms with Gasteiger partial charge < -0.3 is 5.32 Å². The topological polar surface area (TPSA) is 78.5 Å². The molecule has 1 aliphatic heterocycles. The molecule has 124 valence electrons. The third kappa shape index (κ3) is 4.52. The van der Waals surface area contributed by atoms with Crippen LogP contribution in [0.3, 0.4) is 0 Å². The zero-order valence-corrected chi connectivity index (χ0v) is 14.6. The Morgan fingerprint density at radius 1 is 1.45 bits per heavy atom. The lowest BCUT2D eigenvalue weighted by atomic mass is 10.2. The summed E-state index contributed by atoms with van der Waals surface area (Å²) in [6.07, 6.45) is 2.16. The zero-order chi connectivity index (χ0) is 16.2. The van der Waals surface area contributed by atoms with Gasteiger partial charge in [-0.1, -0.05) is 6.92 Å². The van der Waals surface area contributed by atoms with Crippen LogP contribution in [0.1, 0.15) is 31.6 Å². The number of nitrogens with zero attached hydrogens (tertiary/aromatic N) is 1. The highest BCUT2D eigenvalue weighted by Crippen LogP contribution is 2.22. The Morgan fingerprint density at radius 3 is 2.91 bits per heavy atom. The molecule has 1 aliphatic rings. The van der Waals surface area contributed by atoms with Gasteiger partial charge in [0, 0.05) is 24.4 Å². The smallest absolute Gasteiger partial charge is 0.250 e. The van der Waals surface area contributed by atoms with Crippen LogP contribution in [0.2, 0.25) is 0 Å². The Kier molecular flexibility index (Phi) is 5.96. The number of likely N-dealkylation sites (tertiary alicyclic amines) is 1. The van der Waals surface area contributed by atoms with E-state index >= 15 is 0 Å². The molecular formula is C14H23N3O3S2. The Bertz CT molecular complexity index is 613. The van der Waals surface area contributed by atoms with Gasteiger partial charge >= 0.3 is 0 Å². The fraction of sp³-hybridized carbons (Fsp3) is 0.643. The van der Waals surface area contributed by atoms with Gasteiger partial charge in [0.15, 0.2) is 0 Å². The molecule has 6 nitrogen and oxygen atoms in total. The SMILES string of the molecule is CCN1CCCC1CNS(=O)(=O)c1ccc(CNC(C)=O)s1. The van der Waals surface area contributed by atoms with Crippen molar-refractivity contribution in [2.45, 2.75) is 43.5 Å². The van der Waals surface area contributed by atoms with Crippen molar-refractivity contribution in [2.75, 3.05) is 19.6 Å².